The normalized spacial score (nSPS) is 15.8. The van der Waals surface area contributed by atoms with E-state index in [1.807, 2.05) is 48.2 Å². The van der Waals surface area contributed by atoms with Gasteiger partial charge in [-0.15, -0.1) is 10.2 Å². The van der Waals surface area contributed by atoms with Crippen molar-refractivity contribution in [2.75, 3.05) is 26.5 Å². The van der Waals surface area contributed by atoms with Gasteiger partial charge in [-0.05, 0) is 68.1 Å². The van der Waals surface area contributed by atoms with E-state index in [0.29, 0.717) is 17.7 Å². The van der Waals surface area contributed by atoms with Crippen molar-refractivity contribution in [2.24, 2.45) is 0 Å². The first-order chi connectivity index (χ1) is 15.5. The van der Waals surface area contributed by atoms with Crippen molar-refractivity contribution in [2.45, 2.75) is 38.0 Å². The SMILES string of the molecule is COc1ccc(OC)c(C2CCCN2C(=O)CSc2nnc(-c3ccc(C)c(C)c3)o2)c1. The Hall–Kier alpha value is -3.00. The van der Waals surface area contributed by atoms with Crippen LogP contribution in [0.2, 0.25) is 0 Å². The Morgan fingerprint density at radius 1 is 1.12 bits per heavy atom. The summed E-state index contributed by atoms with van der Waals surface area (Å²) in [6, 6.07) is 11.7. The Kier molecular flexibility index (Phi) is 6.69. The molecule has 1 atom stereocenters. The molecule has 1 saturated heterocycles. The number of amides is 1. The summed E-state index contributed by atoms with van der Waals surface area (Å²) >= 11 is 1.27. The average Bonchev–Trinajstić information content (AvgIpc) is 3.49. The standard InChI is InChI=1S/C24H27N3O4S/c1-15-7-8-17(12-16(15)2)23-25-26-24(31-23)32-14-22(28)27-11-5-6-20(27)19-13-18(29-3)9-10-21(19)30-4/h7-10,12-13,20H,5-6,11,14H2,1-4H3. The molecule has 1 amide bonds. The maximum atomic E-state index is 13.1. The Morgan fingerprint density at radius 3 is 2.72 bits per heavy atom. The molecular formula is C24H27N3O4S. The van der Waals surface area contributed by atoms with Crippen LogP contribution in [0.4, 0.5) is 0 Å². The van der Waals surface area contributed by atoms with Gasteiger partial charge < -0.3 is 18.8 Å². The zero-order chi connectivity index (χ0) is 22.7. The van der Waals surface area contributed by atoms with Gasteiger partial charge in [-0.2, -0.15) is 0 Å². The van der Waals surface area contributed by atoms with Gasteiger partial charge >= 0.3 is 0 Å². The van der Waals surface area contributed by atoms with E-state index in [4.69, 9.17) is 13.9 Å². The summed E-state index contributed by atoms with van der Waals surface area (Å²) in [5.74, 6) is 2.24. The second kappa shape index (κ2) is 9.65. The molecule has 4 rings (SSSR count). The van der Waals surface area contributed by atoms with Crippen molar-refractivity contribution < 1.29 is 18.7 Å². The fourth-order valence-corrected chi connectivity index (χ4v) is 4.60. The molecule has 1 fully saturated rings. The minimum absolute atomic E-state index is 0.0355. The maximum Gasteiger partial charge on any atom is 0.277 e. The van der Waals surface area contributed by atoms with E-state index in [2.05, 4.69) is 17.1 Å². The Labute approximate surface area is 192 Å². The number of carbonyl (C=O) groups is 1. The minimum Gasteiger partial charge on any atom is -0.497 e. The summed E-state index contributed by atoms with van der Waals surface area (Å²) in [4.78, 5) is 15.0. The van der Waals surface area contributed by atoms with Crippen molar-refractivity contribution in [1.82, 2.24) is 15.1 Å². The number of ether oxygens (including phenoxy) is 2. The quantitative estimate of drug-likeness (QED) is 0.474. The summed E-state index contributed by atoms with van der Waals surface area (Å²) in [5, 5.41) is 8.64. The molecule has 32 heavy (non-hydrogen) atoms. The molecule has 0 saturated carbocycles. The molecule has 3 aromatic rings. The second-order valence-electron chi connectivity index (χ2n) is 7.81. The number of likely N-dealkylation sites (tertiary alicyclic amines) is 1. The summed E-state index contributed by atoms with van der Waals surface area (Å²) in [5.41, 5.74) is 4.22. The molecule has 1 aliphatic rings. The summed E-state index contributed by atoms with van der Waals surface area (Å²) in [6.07, 6.45) is 1.83. The maximum absolute atomic E-state index is 13.1. The lowest BCUT2D eigenvalue weighted by Crippen LogP contribution is -2.32. The van der Waals surface area contributed by atoms with Crippen molar-refractivity contribution in [3.63, 3.8) is 0 Å². The number of hydrogen-bond donors (Lipinski definition) is 0. The van der Waals surface area contributed by atoms with E-state index >= 15 is 0 Å². The molecule has 0 N–H and O–H groups in total. The van der Waals surface area contributed by atoms with E-state index in [9.17, 15) is 4.79 Å². The first-order valence-corrected chi connectivity index (χ1v) is 11.5. The largest absolute Gasteiger partial charge is 0.497 e. The summed E-state index contributed by atoms with van der Waals surface area (Å²) in [7, 11) is 3.28. The van der Waals surface area contributed by atoms with Crippen LogP contribution < -0.4 is 9.47 Å². The minimum atomic E-state index is -0.0399. The van der Waals surface area contributed by atoms with Crippen LogP contribution in [0.15, 0.2) is 46.0 Å². The third-order valence-electron chi connectivity index (χ3n) is 5.85. The van der Waals surface area contributed by atoms with Crippen LogP contribution in [-0.2, 0) is 4.79 Å². The molecule has 168 valence electrons. The van der Waals surface area contributed by atoms with Crippen molar-refractivity contribution in [3.8, 4) is 23.0 Å². The van der Waals surface area contributed by atoms with E-state index in [0.717, 1.165) is 41.0 Å². The lowest BCUT2D eigenvalue weighted by molar-refractivity contribution is -0.129. The number of thioether (sulfide) groups is 1. The Bertz CT molecular complexity index is 1110. The van der Waals surface area contributed by atoms with Gasteiger partial charge in [0, 0.05) is 17.7 Å². The van der Waals surface area contributed by atoms with Crippen LogP contribution in [0.1, 0.15) is 35.6 Å². The highest BCUT2D eigenvalue weighted by Crippen LogP contribution is 2.39. The molecule has 1 unspecified atom stereocenters. The van der Waals surface area contributed by atoms with Gasteiger partial charge in [0.1, 0.15) is 11.5 Å². The fourth-order valence-electron chi connectivity index (χ4n) is 3.95. The molecule has 2 aromatic carbocycles. The van der Waals surface area contributed by atoms with Gasteiger partial charge in [0.05, 0.1) is 26.0 Å². The average molecular weight is 454 g/mol. The number of methoxy groups -OCH3 is 2. The monoisotopic (exact) mass is 453 g/mol. The van der Waals surface area contributed by atoms with Gasteiger partial charge in [0.25, 0.3) is 5.22 Å². The van der Waals surface area contributed by atoms with Gasteiger partial charge in [-0.1, -0.05) is 17.8 Å². The van der Waals surface area contributed by atoms with Gasteiger partial charge in [0.2, 0.25) is 11.8 Å². The van der Waals surface area contributed by atoms with E-state index in [-0.39, 0.29) is 17.7 Å². The molecule has 0 spiro atoms. The molecule has 2 heterocycles. The van der Waals surface area contributed by atoms with Gasteiger partial charge in [-0.25, -0.2) is 0 Å². The predicted molar refractivity (Wildman–Crippen MR) is 123 cm³/mol. The first kappa shape index (κ1) is 22.2. The Balaban J connectivity index is 1.44. The number of aromatic nitrogens is 2. The number of benzene rings is 2. The number of carbonyl (C=O) groups excluding carboxylic acids is 1. The van der Waals surface area contributed by atoms with Crippen LogP contribution in [0.25, 0.3) is 11.5 Å². The number of hydrogen-bond acceptors (Lipinski definition) is 7. The zero-order valence-corrected chi connectivity index (χ0v) is 19.6. The topological polar surface area (TPSA) is 77.7 Å². The lowest BCUT2D eigenvalue weighted by atomic mass is 10.0. The highest BCUT2D eigenvalue weighted by molar-refractivity contribution is 7.99. The van der Waals surface area contributed by atoms with Crippen LogP contribution in [0.5, 0.6) is 11.5 Å². The van der Waals surface area contributed by atoms with Crippen LogP contribution in [0.3, 0.4) is 0 Å². The number of rotatable bonds is 7. The van der Waals surface area contributed by atoms with Crippen LogP contribution >= 0.6 is 11.8 Å². The van der Waals surface area contributed by atoms with E-state index in [1.54, 1.807) is 14.2 Å². The fraction of sp³-hybridized carbons (Fsp3) is 0.375. The number of nitrogens with zero attached hydrogens (tertiary/aromatic N) is 3. The van der Waals surface area contributed by atoms with Crippen molar-refractivity contribution >= 4 is 17.7 Å². The molecular weight excluding hydrogens is 426 g/mol. The highest BCUT2D eigenvalue weighted by atomic mass is 32.2. The highest BCUT2D eigenvalue weighted by Gasteiger charge is 2.32. The molecule has 1 aromatic heterocycles. The van der Waals surface area contributed by atoms with Crippen LogP contribution in [-0.4, -0.2) is 47.5 Å². The molecule has 0 bridgehead atoms. The van der Waals surface area contributed by atoms with Crippen molar-refractivity contribution in [3.05, 3.63) is 53.1 Å². The lowest BCUT2D eigenvalue weighted by Gasteiger charge is -2.26. The molecule has 1 aliphatic heterocycles. The molecule has 7 nitrogen and oxygen atoms in total. The van der Waals surface area contributed by atoms with Crippen LogP contribution in [0, 0.1) is 13.8 Å². The first-order valence-electron chi connectivity index (χ1n) is 10.6. The van der Waals surface area contributed by atoms with E-state index < -0.39 is 0 Å². The predicted octanol–water partition coefficient (Wildman–Crippen LogP) is 4.83. The zero-order valence-electron chi connectivity index (χ0n) is 18.8. The van der Waals surface area contributed by atoms with Crippen molar-refractivity contribution in [1.29, 1.82) is 0 Å². The molecule has 0 aliphatic carbocycles. The smallest absolute Gasteiger partial charge is 0.277 e. The van der Waals surface area contributed by atoms with E-state index in [1.165, 1.54) is 17.3 Å². The second-order valence-corrected chi connectivity index (χ2v) is 8.74. The summed E-state index contributed by atoms with van der Waals surface area (Å²) in [6.45, 7) is 4.82. The molecule has 0 radical (unpaired) electrons. The number of aryl methyl sites for hydroxylation is 2. The van der Waals surface area contributed by atoms with Gasteiger partial charge in [-0.3, -0.25) is 4.79 Å². The summed E-state index contributed by atoms with van der Waals surface area (Å²) < 4.78 is 16.7. The third-order valence-corrected chi connectivity index (χ3v) is 6.65. The molecule has 8 heteroatoms. The Morgan fingerprint density at radius 2 is 1.97 bits per heavy atom. The third kappa shape index (κ3) is 4.60. The van der Waals surface area contributed by atoms with Gasteiger partial charge in [0.15, 0.2) is 0 Å².